The molecule has 0 amide bonds. The fourth-order valence-electron chi connectivity index (χ4n) is 2.64. The molecule has 0 aliphatic carbocycles. The molecule has 0 bridgehead atoms. The number of nitrogens with zero attached hydrogens (tertiary/aromatic N) is 1. The Hall–Kier alpha value is -1.87. The second kappa shape index (κ2) is 8.65. The number of benzene rings is 2. The highest BCUT2D eigenvalue weighted by Gasteiger charge is 2.25. The van der Waals surface area contributed by atoms with Gasteiger partial charge in [-0.15, -0.1) is 0 Å². The summed E-state index contributed by atoms with van der Waals surface area (Å²) in [5, 5.41) is 0. The summed E-state index contributed by atoms with van der Waals surface area (Å²) in [5.41, 5.74) is 2.85. The molecule has 2 aromatic carbocycles. The van der Waals surface area contributed by atoms with E-state index in [9.17, 15) is 4.79 Å². The zero-order valence-electron chi connectivity index (χ0n) is 15.9. The third kappa shape index (κ3) is 4.57. The number of hydrogen-bond acceptors (Lipinski definition) is 5. The Morgan fingerprint density at radius 2 is 2.00 bits per heavy atom. The summed E-state index contributed by atoms with van der Waals surface area (Å²) in [6, 6.07) is 9.46. The Morgan fingerprint density at radius 1 is 1.25 bits per heavy atom. The highest BCUT2D eigenvalue weighted by Crippen LogP contribution is 2.38. The van der Waals surface area contributed by atoms with Crippen molar-refractivity contribution in [1.29, 1.82) is 0 Å². The van der Waals surface area contributed by atoms with Gasteiger partial charge in [-0.2, -0.15) is 0 Å². The van der Waals surface area contributed by atoms with Gasteiger partial charge in [0.15, 0.2) is 17.2 Å². The van der Waals surface area contributed by atoms with Gasteiger partial charge in [0, 0.05) is 9.13 Å². The third-order valence-corrected chi connectivity index (χ3v) is 5.73. The minimum absolute atomic E-state index is 0.00348. The van der Waals surface area contributed by atoms with Crippen LogP contribution < -0.4 is 9.47 Å². The topological polar surface area (TPSA) is 57.1 Å². The van der Waals surface area contributed by atoms with Gasteiger partial charge in [-0.25, -0.2) is 9.79 Å². The molecule has 0 spiro atoms. The Labute approximate surface area is 186 Å². The number of carbonyl (C=O) groups excluding carboxylic acids is 1. The first-order valence-electron chi connectivity index (χ1n) is 8.61. The van der Waals surface area contributed by atoms with Gasteiger partial charge in [-0.05, 0) is 107 Å². The molecule has 146 valence electrons. The number of cyclic esters (lactones) is 1. The Morgan fingerprint density at radius 3 is 2.64 bits per heavy atom. The molecule has 28 heavy (non-hydrogen) atoms. The standard InChI is InChI=1S/C21H19BrINO4/c1-11(2)27-19-15(22)8-13(10-18(19)26-4)9-17-21(25)28-20(24-17)14-5-6-16(23)12(3)7-14/h5-11H,1-4H3/b17-9-. The molecule has 0 saturated carbocycles. The average molecular weight is 556 g/mol. The van der Waals surface area contributed by atoms with Crippen molar-refractivity contribution in [2.24, 2.45) is 4.99 Å². The van der Waals surface area contributed by atoms with Crippen molar-refractivity contribution in [3.8, 4) is 11.5 Å². The molecule has 1 aliphatic rings. The minimum Gasteiger partial charge on any atom is -0.493 e. The molecular formula is C21H19BrINO4. The molecule has 0 atom stereocenters. The van der Waals surface area contributed by atoms with E-state index in [1.54, 1.807) is 19.3 Å². The molecular weight excluding hydrogens is 537 g/mol. The van der Waals surface area contributed by atoms with Crippen molar-refractivity contribution < 1.29 is 19.0 Å². The molecule has 0 unspecified atom stereocenters. The van der Waals surface area contributed by atoms with Crippen molar-refractivity contribution in [2.45, 2.75) is 26.9 Å². The van der Waals surface area contributed by atoms with Crippen molar-refractivity contribution in [3.05, 3.63) is 60.8 Å². The van der Waals surface area contributed by atoms with E-state index < -0.39 is 5.97 Å². The number of aryl methyl sites for hydroxylation is 1. The number of methoxy groups -OCH3 is 1. The molecule has 0 radical (unpaired) electrons. The number of rotatable bonds is 5. The molecule has 2 aromatic rings. The van der Waals surface area contributed by atoms with Gasteiger partial charge in [-0.3, -0.25) is 0 Å². The highest BCUT2D eigenvalue weighted by atomic mass is 127. The van der Waals surface area contributed by atoms with Crippen LogP contribution in [0, 0.1) is 10.5 Å². The van der Waals surface area contributed by atoms with Crippen molar-refractivity contribution in [3.63, 3.8) is 0 Å². The van der Waals surface area contributed by atoms with Crippen molar-refractivity contribution >= 4 is 56.5 Å². The SMILES string of the molecule is COc1cc(/C=C2\N=C(c3ccc(I)c(C)c3)OC2=O)cc(Br)c1OC(C)C. The van der Waals surface area contributed by atoms with E-state index in [1.807, 2.05) is 45.0 Å². The lowest BCUT2D eigenvalue weighted by molar-refractivity contribution is -0.129. The maximum Gasteiger partial charge on any atom is 0.363 e. The number of halogens is 2. The number of hydrogen-bond donors (Lipinski definition) is 0. The van der Waals surface area contributed by atoms with Crippen LogP contribution in [0.1, 0.15) is 30.5 Å². The summed E-state index contributed by atoms with van der Waals surface area (Å²) >= 11 is 5.77. The molecule has 0 N–H and O–H groups in total. The second-order valence-electron chi connectivity index (χ2n) is 6.50. The summed E-state index contributed by atoms with van der Waals surface area (Å²) in [7, 11) is 1.57. The lowest BCUT2D eigenvalue weighted by atomic mass is 10.1. The summed E-state index contributed by atoms with van der Waals surface area (Å²) < 4.78 is 18.5. The van der Waals surface area contributed by atoms with E-state index in [-0.39, 0.29) is 11.8 Å². The third-order valence-electron chi connectivity index (χ3n) is 3.93. The van der Waals surface area contributed by atoms with Gasteiger partial charge >= 0.3 is 5.97 Å². The molecule has 0 saturated heterocycles. The fourth-order valence-corrected chi connectivity index (χ4v) is 3.53. The zero-order valence-corrected chi connectivity index (χ0v) is 19.6. The largest absolute Gasteiger partial charge is 0.493 e. The predicted molar refractivity (Wildman–Crippen MR) is 121 cm³/mol. The van der Waals surface area contributed by atoms with Crippen LogP contribution >= 0.6 is 38.5 Å². The molecule has 0 aromatic heterocycles. The first-order chi connectivity index (χ1) is 13.3. The Bertz CT molecular complexity index is 998. The molecule has 5 nitrogen and oxygen atoms in total. The van der Waals surface area contributed by atoms with E-state index in [0.29, 0.717) is 17.4 Å². The maximum absolute atomic E-state index is 12.3. The van der Waals surface area contributed by atoms with Crippen LogP contribution in [0.3, 0.4) is 0 Å². The Balaban J connectivity index is 1.96. The van der Waals surface area contributed by atoms with Crippen LogP contribution in [0.4, 0.5) is 0 Å². The van der Waals surface area contributed by atoms with Crippen LogP contribution in [0.5, 0.6) is 11.5 Å². The quantitative estimate of drug-likeness (QED) is 0.278. The maximum atomic E-state index is 12.3. The van der Waals surface area contributed by atoms with E-state index >= 15 is 0 Å². The predicted octanol–water partition coefficient (Wildman–Crippen LogP) is 5.50. The van der Waals surface area contributed by atoms with E-state index in [2.05, 4.69) is 43.5 Å². The number of carbonyl (C=O) groups is 1. The lowest BCUT2D eigenvalue weighted by Crippen LogP contribution is -2.07. The molecule has 1 heterocycles. The van der Waals surface area contributed by atoms with Crippen molar-refractivity contribution in [1.82, 2.24) is 0 Å². The number of esters is 1. The van der Waals surface area contributed by atoms with Gasteiger partial charge in [0.2, 0.25) is 5.90 Å². The lowest BCUT2D eigenvalue weighted by Gasteiger charge is -2.15. The summed E-state index contributed by atoms with van der Waals surface area (Å²) in [6.07, 6.45) is 1.67. The number of aliphatic imine (C=N–C) groups is 1. The van der Waals surface area contributed by atoms with Crippen LogP contribution in [0.2, 0.25) is 0 Å². The highest BCUT2D eigenvalue weighted by molar-refractivity contribution is 14.1. The van der Waals surface area contributed by atoms with E-state index in [0.717, 1.165) is 24.7 Å². The minimum atomic E-state index is -0.483. The van der Waals surface area contributed by atoms with Crippen LogP contribution in [-0.4, -0.2) is 25.1 Å². The molecule has 1 aliphatic heterocycles. The summed E-state index contributed by atoms with van der Waals surface area (Å²) in [6.45, 7) is 5.89. The van der Waals surface area contributed by atoms with Crippen LogP contribution in [-0.2, 0) is 9.53 Å². The molecule has 0 fully saturated rings. The van der Waals surface area contributed by atoms with E-state index in [4.69, 9.17) is 14.2 Å². The fraction of sp³-hybridized carbons (Fsp3) is 0.238. The normalized spacial score (nSPS) is 15.0. The zero-order chi connectivity index (χ0) is 20.4. The van der Waals surface area contributed by atoms with Crippen LogP contribution in [0.15, 0.2) is 45.5 Å². The smallest absolute Gasteiger partial charge is 0.363 e. The Kier molecular flexibility index (Phi) is 6.44. The monoisotopic (exact) mass is 555 g/mol. The van der Waals surface area contributed by atoms with Crippen molar-refractivity contribution in [2.75, 3.05) is 7.11 Å². The summed E-state index contributed by atoms with van der Waals surface area (Å²) in [4.78, 5) is 16.7. The second-order valence-corrected chi connectivity index (χ2v) is 8.52. The molecule has 3 rings (SSSR count). The molecule has 7 heteroatoms. The number of ether oxygens (including phenoxy) is 3. The summed E-state index contributed by atoms with van der Waals surface area (Å²) in [5.74, 6) is 1.01. The average Bonchev–Trinajstić information content (AvgIpc) is 2.99. The van der Waals surface area contributed by atoms with Crippen LogP contribution in [0.25, 0.3) is 6.08 Å². The van der Waals surface area contributed by atoms with Gasteiger partial charge < -0.3 is 14.2 Å². The first kappa shape index (κ1) is 20.9. The van der Waals surface area contributed by atoms with E-state index in [1.165, 1.54) is 0 Å². The van der Waals surface area contributed by atoms with Gasteiger partial charge in [0.1, 0.15) is 0 Å². The van der Waals surface area contributed by atoms with Gasteiger partial charge in [0.05, 0.1) is 17.7 Å². The van der Waals surface area contributed by atoms with Gasteiger partial charge in [-0.1, -0.05) is 0 Å². The van der Waals surface area contributed by atoms with Gasteiger partial charge in [0.25, 0.3) is 0 Å². The first-order valence-corrected chi connectivity index (χ1v) is 10.5.